The molecule has 0 heterocycles. The summed E-state index contributed by atoms with van der Waals surface area (Å²) < 4.78 is 2.22. The van der Waals surface area contributed by atoms with E-state index in [0.717, 1.165) is 22.1 Å². The molecule has 1 atom stereocenters. The largest absolute Gasteiger partial charge is 0.550 e. The van der Waals surface area contributed by atoms with E-state index in [1.807, 2.05) is 0 Å². The molecule has 0 fully saturated rings. The minimum absolute atomic E-state index is 0.928. The van der Waals surface area contributed by atoms with E-state index in [0.29, 0.717) is 0 Å². The van der Waals surface area contributed by atoms with Crippen LogP contribution in [-0.2, 0) is 22.7 Å². The number of aliphatic carboxylic acids is 2. The average molecular weight is 741 g/mol. The first-order valence-corrected chi connectivity index (χ1v) is 21.1. The first kappa shape index (κ1) is 50.3. The molecule has 0 radical (unpaired) electrons. The number of aliphatic hydroxyl groups excluding tert-OH is 1. The van der Waals surface area contributed by atoms with E-state index >= 15 is 0 Å². The van der Waals surface area contributed by atoms with Crippen LogP contribution >= 0.6 is 0 Å². The molecule has 2 aromatic carbocycles. The van der Waals surface area contributed by atoms with Crippen molar-refractivity contribution in [2.45, 2.75) is 168 Å². The van der Waals surface area contributed by atoms with Crippen LogP contribution < -0.4 is 10.2 Å². The Kier molecular flexibility index (Phi) is 31.0. The van der Waals surface area contributed by atoms with Crippen molar-refractivity contribution >= 4 is 11.9 Å². The number of rotatable bonds is 29. The van der Waals surface area contributed by atoms with Crippen LogP contribution in [0.15, 0.2) is 60.7 Å². The molecule has 1 N–H and O–H groups in total. The molecule has 53 heavy (non-hydrogen) atoms. The van der Waals surface area contributed by atoms with Gasteiger partial charge in [-0.3, -0.25) is 0 Å². The first-order valence-electron chi connectivity index (χ1n) is 21.1. The number of carbonyl (C=O) groups excluding carboxylic acids is 2. The summed E-state index contributed by atoms with van der Waals surface area (Å²) in [7, 11) is 9.45. The molecule has 0 aliphatic carbocycles. The van der Waals surface area contributed by atoms with Crippen molar-refractivity contribution in [2.24, 2.45) is 0 Å². The van der Waals surface area contributed by atoms with Crippen molar-refractivity contribution in [3.05, 3.63) is 71.8 Å². The normalized spacial score (nSPS) is 11.9. The van der Waals surface area contributed by atoms with Crippen LogP contribution in [0.25, 0.3) is 0 Å². The number of nitrogens with zero attached hydrogens (tertiary/aromatic N) is 2. The lowest BCUT2D eigenvalue weighted by Gasteiger charge is -2.30. The number of benzene rings is 2. The van der Waals surface area contributed by atoms with Gasteiger partial charge in [-0.25, -0.2) is 0 Å². The second kappa shape index (κ2) is 32.7. The molecule has 304 valence electrons. The maximum absolute atomic E-state index is 9.58. The fourth-order valence-electron chi connectivity index (χ4n) is 6.61. The Morgan fingerprint density at radius 1 is 0.509 bits per heavy atom. The van der Waals surface area contributed by atoms with Crippen molar-refractivity contribution < 1.29 is 33.9 Å². The van der Waals surface area contributed by atoms with Gasteiger partial charge in [-0.05, 0) is 25.7 Å². The summed E-state index contributed by atoms with van der Waals surface area (Å²) in [6.45, 7) is 9.48. The van der Waals surface area contributed by atoms with E-state index in [1.165, 1.54) is 153 Å². The Bertz CT molecular complexity index is 1050. The zero-order valence-electron chi connectivity index (χ0n) is 35.0. The molecular weight excluding hydrogens is 661 g/mol. The highest BCUT2D eigenvalue weighted by Crippen LogP contribution is 2.15. The minimum Gasteiger partial charge on any atom is -0.550 e. The van der Waals surface area contributed by atoms with Gasteiger partial charge in [0.2, 0.25) is 0 Å². The number of hydrogen-bond donors (Lipinski definition) is 1. The summed E-state index contributed by atoms with van der Waals surface area (Å²) in [6.07, 6.45) is 25.6. The van der Waals surface area contributed by atoms with Crippen LogP contribution in [-0.4, -0.2) is 73.4 Å². The number of unbranched alkanes of at least 4 members (excludes halogenated alkanes) is 18. The van der Waals surface area contributed by atoms with E-state index in [1.54, 1.807) is 0 Å². The van der Waals surface area contributed by atoms with Gasteiger partial charge < -0.3 is 33.9 Å². The maximum Gasteiger partial charge on any atom is 0.104 e. The number of hydrogen-bond acceptors (Lipinski definition) is 5. The molecule has 0 saturated carbocycles. The molecule has 7 nitrogen and oxygen atoms in total. The Morgan fingerprint density at radius 2 is 0.792 bits per heavy atom. The third kappa shape index (κ3) is 33.6. The molecular formula is C46H80N2O5. The van der Waals surface area contributed by atoms with E-state index in [9.17, 15) is 19.8 Å². The van der Waals surface area contributed by atoms with Crippen molar-refractivity contribution in [3.63, 3.8) is 0 Å². The zero-order valence-corrected chi connectivity index (χ0v) is 35.0. The second-order valence-electron chi connectivity index (χ2n) is 16.4. The maximum atomic E-state index is 9.58. The molecule has 0 aromatic heterocycles. The van der Waals surface area contributed by atoms with E-state index in [-0.39, 0.29) is 0 Å². The number of quaternary nitrogens is 2. The van der Waals surface area contributed by atoms with Gasteiger partial charge in [0.05, 0.1) is 53.4 Å². The summed E-state index contributed by atoms with van der Waals surface area (Å²) in [4.78, 5) is 19.1. The smallest absolute Gasteiger partial charge is 0.104 e. The van der Waals surface area contributed by atoms with Gasteiger partial charge in [-0.1, -0.05) is 177 Å². The highest BCUT2D eigenvalue weighted by molar-refractivity contribution is 5.77. The molecule has 0 aliphatic rings. The highest BCUT2D eigenvalue weighted by Gasteiger charge is 2.16. The fraction of sp³-hybridized carbons (Fsp3) is 0.696. The zero-order chi connectivity index (χ0) is 39.6. The van der Waals surface area contributed by atoms with Crippen molar-refractivity contribution in [1.82, 2.24) is 0 Å². The van der Waals surface area contributed by atoms with Crippen molar-refractivity contribution in [2.75, 3.05) is 41.3 Å². The number of carboxylic acid groups (broad SMARTS) is 2. The fourth-order valence-corrected chi connectivity index (χ4v) is 6.61. The molecule has 2 rings (SSSR count). The molecule has 0 amide bonds. The molecule has 0 aliphatic heterocycles. The molecule has 0 bridgehead atoms. The Labute approximate surface area is 326 Å². The van der Waals surface area contributed by atoms with Crippen LogP contribution in [0.2, 0.25) is 0 Å². The van der Waals surface area contributed by atoms with Gasteiger partial charge in [0.25, 0.3) is 0 Å². The van der Waals surface area contributed by atoms with Crippen molar-refractivity contribution in [3.8, 4) is 0 Å². The van der Waals surface area contributed by atoms with Crippen LogP contribution in [0.4, 0.5) is 0 Å². The van der Waals surface area contributed by atoms with Gasteiger partial charge in [-0.15, -0.1) is 0 Å². The highest BCUT2D eigenvalue weighted by atomic mass is 16.4. The quantitative estimate of drug-likeness (QED) is 0.0665. The third-order valence-electron chi connectivity index (χ3n) is 9.77. The summed E-state index contributed by atoms with van der Waals surface area (Å²) >= 11 is 0. The van der Waals surface area contributed by atoms with Crippen LogP contribution in [0, 0.1) is 0 Å². The van der Waals surface area contributed by atoms with Crippen LogP contribution in [0.1, 0.15) is 160 Å². The summed E-state index contributed by atoms with van der Waals surface area (Å²) in [5.74, 6) is -3.43. The molecule has 2 aromatic rings. The molecule has 1 unspecified atom stereocenters. The van der Waals surface area contributed by atoms with Gasteiger partial charge in [0.1, 0.15) is 13.1 Å². The Balaban J connectivity index is 0.000000833. The Morgan fingerprint density at radius 3 is 1.04 bits per heavy atom. The van der Waals surface area contributed by atoms with E-state index in [4.69, 9.17) is 5.11 Å². The van der Waals surface area contributed by atoms with E-state index in [2.05, 4.69) is 103 Å². The Hall–Kier alpha value is -2.74. The van der Waals surface area contributed by atoms with Gasteiger partial charge in [0, 0.05) is 23.5 Å². The summed E-state index contributed by atoms with van der Waals surface area (Å²) in [6, 6.07) is 21.8. The topological polar surface area (TPSA) is 100 Å². The predicted octanol–water partition coefficient (Wildman–Crippen LogP) is 8.61. The lowest BCUT2D eigenvalue weighted by atomic mass is 10.1. The van der Waals surface area contributed by atoms with Crippen molar-refractivity contribution in [1.29, 1.82) is 0 Å². The average Bonchev–Trinajstić information content (AvgIpc) is 3.10. The molecule has 0 spiro atoms. The predicted molar refractivity (Wildman–Crippen MR) is 219 cm³/mol. The minimum atomic E-state index is -1.96. The number of carboxylic acids is 2. The first-order chi connectivity index (χ1) is 25.3. The van der Waals surface area contributed by atoms with Gasteiger partial charge in [0.15, 0.2) is 0 Å². The van der Waals surface area contributed by atoms with Gasteiger partial charge in [-0.2, -0.15) is 0 Å². The van der Waals surface area contributed by atoms with Crippen LogP contribution in [0.5, 0.6) is 0 Å². The SMILES string of the molecule is CCCCCCCCCCCC[N+](C)(C)Cc1ccccc1.CCCCCCCCCCCC[N+](C)(C)Cc1ccccc1.O=C([O-])CC(O)C(=O)[O-]. The third-order valence-corrected chi connectivity index (χ3v) is 9.77. The lowest BCUT2D eigenvalue weighted by Crippen LogP contribution is -2.39. The molecule has 0 saturated heterocycles. The number of carbonyl (C=O) groups is 2. The van der Waals surface area contributed by atoms with Crippen LogP contribution in [0.3, 0.4) is 0 Å². The lowest BCUT2D eigenvalue weighted by molar-refractivity contribution is -0.903. The standard InChI is InChI=1S/2C21H38N.C4H6O5/c2*1-4-5-6-7-8-9-10-11-12-16-19-22(2,3)20-21-17-14-13-15-18-21;5-2(4(8)9)1-3(6)7/h2*13-15,17-18H,4-12,16,19-20H2,1-3H3;2,5H,1H2,(H,6,7)(H,8,9)/q2*+1;/p-2. The van der Waals surface area contributed by atoms with E-state index < -0.39 is 24.5 Å². The number of aliphatic hydroxyl groups is 1. The summed E-state index contributed by atoms with van der Waals surface area (Å²) in [5.41, 5.74) is 2.92. The van der Waals surface area contributed by atoms with Gasteiger partial charge >= 0.3 is 0 Å². The summed E-state index contributed by atoms with van der Waals surface area (Å²) in [5, 5.41) is 27.3. The second-order valence-corrected chi connectivity index (χ2v) is 16.4. The monoisotopic (exact) mass is 741 g/mol. The molecule has 7 heteroatoms.